The Morgan fingerprint density at radius 3 is 2.67 bits per heavy atom. The van der Waals surface area contributed by atoms with Gasteiger partial charge in [-0.2, -0.15) is 0 Å². The van der Waals surface area contributed by atoms with Gasteiger partial charge in [0.2, 0.25) is 5.91 Å². The fourth-order valence-corrected chi connectivity index (χ4v) is 5.15. The van der Waals surface area contributed by atoms with E-state index < -0.39 is 11.9 Å². The van der Waals surface area contributed by atoms with Crippen LogP contribution in [0, 0.1) is 12.8 Å². The van der Waals surface area contributed by atoms with Gasteiger partial charge < -0.3 is 24.8 Å². The third-order valence-electron chi connectivity index (χ3n) is 7.28. The summed E-state index contributed by atoms with van der Waals surface area (Å²) in [5.74, 6) is -0.0632. The topological polar surface area (TPSA) is 118 Å². The number of carbonyl (C=O) groups excluding carboxylic acids is 3. The molecule has 1 saturated carbocycles. The van der Waals surface area contributed by atoms with Crippen molar-refractivity contribution in [2.24, 2.45) is 5.92 Å². The van der Waals surface area contributed by atoms with E-state index in [1.807, 2.05) is 53.9 Å². The number of pyridine rings is 1. The van der Waals surface area contributed by atoms with Crippen LogP contribution in [0.15, 0.2) is 65.3 Å². The van der Waals surface area contributed by atoms with Gasteiger partial charge in [0.25, 0.3) is 11.8 Å². The van der Waals surface area contributed by atoms with Crippen molar-refractivity contribution in [3.63, 3.8) is 0 Å². The first-order valence-corrected chi connectivity index (χ1v) is 13.4. The Labute approximate surface area is 227 Å². The number of nitrogens with zero attached hydrogens (tertiary/aromatic N) is 2. The Hall–Kier alpha value is -4.40. The number of nitrogens with one attached hydrogen (secondary N) is 3. The van der Waals surface area contributed by atoms with Crippen LogP contribution in [0.1, 0.15) is 64.3 Å². The van der Waals surface area contributed by atoms with E-state index in [0.717, 1.165) is 54.4 Å². The molecule has 3 N–H and O–H groups in total. The van der Waals surface area contributed by atoms with Gasteiger partial charge in [0.1, 0.15) is 23.1 Å². The molecule has 5 rings (SSSR count). The number of rotatable bonds is 8. The quantitative estimate of drug-likeness (QED) is 0.317. The highest BCUT2D eigenvalue weighted by molar-refractivity contribution is 5.96. The molecular formula is C30H33N5O4. The lowest BCUT2D eigenvalue weighted by Crippen LogP contribution is -2.50. The van der Waals surface area contributed by atoms with E-state index in [0.29, 0.717) is 18.0 Å². The molecule has 39 heavy (non-hydrogen) atoms. The predicted molar refractivity (Wildman–Crippen MR) is 147 cm³/mol. The summed E-state index contributed by atoms with van der Waals surface area (Å²) in [5.41, 5.74) is 3.80. The highest BCUT2D eigenvalue weighted by Gasteiger charge is 2.31. The first-order chi connectivity index (χ1) is 18.9. The molecule has 1 aliphatic carbocycles. The van der Waals surface area contributed by atoms with Crippen LogP contribution in [-0.2, 0) is 11.3 Å². The minimum atomic E-state index is -0.583. The lowest BCUT2D eigenvalue weighted by atomic mass is 9.83. The van der Waals surface area contributed by atoms with Crippen molar-refractivity contribution in [2.45, 2.75) is 51.6 Å². The second kappa shape index (κ2) is 11.6. The molecule has 0 bridgehead atoms. The van der Waals surface area contributed by atoms with Crippen molar-refractivity contribution in [2.75, 3.05) is 7.05 Å². The first kappa shape index (κ1) is 26.2. The van der Waals surface area contributed by atoms with Crippen molar-refractivity contribution in [3.05, 3.63) is 83.5 Å². The third-order valence-corrected chi connectivity index (χ3v) is 7.28. The van der Waals surface area contributed by atoms with E-state index in [1.165, 1.54) is 0 Å². The van der Waals surface area contributed by atoms with Gasteiger partial charge in [0.05, 0.1) is 0 Å². The van der Waals surface area contributed by atoms with Crippen LogP contribution < -0.4 is 16.0 Å². The maximum atomic E-state index is 13.0. The van der Waals surface area contributed by atoms with Crippen LogP contribution in [-0.4, -0.2) is 40.2 Å². The van der Waals surface area contributed by atoms with Gasteiger partial charge in [0, 0.05) is 31.5 Å². The van der Waals surface area contributed by atoms with Crippen molar-refractivity contribution in [3.8, 4) is 11.3 Å². The van der Waals surface area contributed by atoms with Crippen molar-refractivity contribution >= 4 is 23.4 Å². The zero-order valence-corrected chi connectivity index (χ0v) is 22.2. The van der Waals surface area contributed by atoms with Gasteiger partial charge in [-0.15, -0.1) is 0 Å². The van der Waals surface area contributed by atoms with Gasteiger partial charge in [-0.05, 0) is 67.1 Å². The van der Waals surface area contributed by atoms with E-state index in [9.17, 15) is 14.4 Å². The average molecular weight is 528 g/mol. The molecule has 3 heterocycles. The molecule has 202 valence electrons. The molecular weight excluding hydrogens is 494 g/mol. The molecule has 0 aliphatic heterocycles. The fourth-order valence-electron chi connectivity index (χ4n) is 5.15. The predicted octanol–water partition coefficient (Wildman–Crippen LogP) is 4.26. The Balaban J connectivity index is 1.23. The van der Waals surface area contributed by atoms with Crippen molar-refractivity contribution < 1.29 is 18.8 Å². The van der Waals surface area contributed by atoms with E-state index in [2.05, 4.69) is 20.9 Å². The lowest BCUT2D eigenvalue weighted by molar-refractivity contribution is -0.124. The maximum Gasteiger partial charge on any atom is 0.287 e. The minimum absolute atomic E-state index is 0.119. The smallest absolute Gasteiger partial charge is 0.287 e. The summed E-state index contributed by atoms with van der Waals surface area (Å²) >= 11 is 0. The number of hydrogen-bond acceptors (Lipinski definition) is 5. The number of hydrogen-bond donors (Lipinski definition) is 3. The van der Waals surface area contributed by atoms with Crippen LogP contribution in [0.4, 0.5) is 0 Å². The Morgan fingerprint density at radius 1 is 1.05 bits per heavy atom. The number of furan rings is 1. The molecule has 1 aromatic carbocycles. The summed E-state index contributed by atoms with van der Waals surface area (Å²) in [5, 5.41) is 8.48. The van der Waals surface area contributed by atoms with Crippen molar-refractivity contribution in [1.29, 1.82) is 0 Å². The fraction of sp³-hybridized carbons (Fsp3) is 0.333. The number of imidazole rings is 1. The zero-order valence-electron chi connectivity index (χ0n) is 22.2. The van der Waals surface area contributed by atoms with E-state index in [1.54, 1.807) is 25.4 Å². The van der Waals surface area contributed by atoms with Gasteiger partial charge >= 0.3 is 0 Å². The summed E-state index contributed by atoms with van der Waals surface area (Å²) < 4.78 is 7.70. The number of fused-ring (bicyclic) bond motifs is 1. The average Bonchev–Trinajstić information content (AvgIpc) is 3.62. The summed E-state index contributed by atoms with van der Waals surface area (Å²) in [7, 11) is 1.59. The van der Waals surface area contributed by atoms with Crippen LogP contribution in [0.2, 0.25) is 0 Å². The lowest BCUT2D eigenvalue weighted by Gasteiger charge is -2.29. The summed E-state index contributed by atoms with van der Waals surface area (Å²) in [6.45, 7) is 2.29. The highest BCUT2D eigenvalue weighted by atomic mass is 16.4. The summed E-state index contributed by atoms with van der Waals surface area (Å²) in [6.07, 6.45) is 8.71. The maximum absolute atomic E-state index is 13.0. The van der Waals surface area contributed by atoms with Gasteiger partial charge in [0.15, 0.2) is 5.76 Å². The molecule has 1 unspecified atom stereocenters. The standard InChI is InChI=1S/C30H33N5O4/c1-19-13-14-35-18-23(33-26(35)15-19)28(36)32-17-20-7-6-10-22(16-20)24-11-12-25(39-24)29(37)34-27(30(38)31-2)21-8-4-3-5-9-21/h6-7,10-16,18,21,27H,3-5,8-9,17H2,1-2H3,(H,31,38)(H,32,36)(H,34,37). The van der Waals surface area contributed by atoms with E-state index in [-0.39, 0.29) is 23.5 Å². The molecule has 1 fully saturated rings. The van der Waals surface area contributed by atoms with E-state index >= 15 is 0 Å². The SMILES string of the molecule is CNC(=O)C(NC(=O)c1ccc(-c2cccc(CNC(=O)c3cn4ccc(C)cc4n3)c2)o1)C1CCCCC1. The molecule has 0 spiro atoms. The van der Waals surface area contributed by atoms with Crippen LogP contribution in [0.25, 0.3) is 17.0 Å². The van der Waals surface area contributed by atoms with E-state index in [4.69, 9.17) is 4.42 Å². The number of likely N-dealkylation sites (N-methyl/N-ethyl adjacent to an activating group) is 1. The Morgan fingerprint density at radius 2 is 1.87 bits per heavy atom. The van der Waals surface area contributed by atoms with Crippen LogP contribution in [0.3, 0.4) is 0 Å². The van der Waals surface area contributed by atoms with Gasteiger partial charge in [-0.3, -0.25) is 14.4 Å². The third kappa shape index (κ3) is 6.03. The number of aromatic nitrogens is 2. The number of carbonyl (C=O) groups is 3. The molecule has 0 saturated heterocycles. The van der Waals surface area contributed by atoms with Gasteiger partial charge in [-0.1, -0.05) is 37.5 Å². The Bertz CT molecular complexity index is 1500. The van der Waals surface area contributed by atoms with Gasteiger partial charge in [-0.25, -0.2) is 4.98 Å². The zero-order chi connectivity index (χ0) is 27.4. The van der Waals surface area contributed by atoms with Crippen LogP contribution in [0.5, 0.6) is 0 Å². The van der Waals surface area contributed by atoms with Crippen molar-refractivity contribution in [1.82, 2.24) is 25.3 Å². The summed E-state index contributed by atoms with van der Waals surface area (Å²) in [4.78, 5) is 42.6. The molecule has 0 radical (unpaired) electrons. The molecule has 1 atom stereocenters. The number of benzene rings is 1. The number of amides is 3. The molecule has 3 aromatic heterocycles. The highest BCUT2D eigenvalue weighted by Crippen LogP contribution is 2.28. The second-order valence-corrected chi connectivity index (χ2v) is 10.1. The first-order valence-electron chi connectivity index (χ1n) is 13.4. The second-order valence-electron chi connectivity index (χ2n) is 10.1. The number of aryl methyl sites for hydroxylation is 1. The normalized spacial score (nSPS) is 14.6. The molecule has 3 amide bonds. The molecule has 9 heteroatoms. The monoisotopic (exact) mass is 527 g/mol. The molecule has 1 aliphatic rings. The minimum Gasteiger partial charge on any atom is -0.451 e. The van der Waals surface area contributed by atoms with Crippen LogP contribution >= 0.6 is 0 Å². The Kier molecular flexibility index (Phi) is 7.76. The summed E-state index contributed by atoms with van der Waals surface area (Å²) in [6, 6.07) is 14.2. The molecule has 4 aromatic rings. The largest absolute Gasteiger partial charge is 0.451 e. The molecule has 9 nitrogen and oxygen atoms in total.